The summed E-state index contributed by atoms with van der Waals surface area (Å²) in [5.41, 5.74) is 4.18. The molecule has 1 spiro atoms. The molecule has 0 saturated carbocycles. The molecule has 14 nitrogen and oxygen atoms in total. The lowest BCUT2D eigenvalue weighted by Crippen LogP contribution is -2.57. The number of benzene rings is 4. The lowest BCUT2D eigenvalue weighted by molar-refractivity contribution is -0.337. The smallest absolute Gasteiger partial charge is 0.465 e. The molecule has 2 fully saturated rings. The first-order chi connectivity index (χ1) is 34.3. The highest BCUT2D eigenvalue weighted by Crippen LogP contribution is 2.40. The summed E-state index contributed by atoms with van der Waals surface area (Å²) in [6.45, 7) is 25.4. The SMILES string of the molecule is Cc1cc(CCC(=O)OCC(C)(C)C2OCC3(CO2)COC(C(C)(C)COC(=O)CCc2cc(C)c(OC(=O)OCc4ccccc4)c(C(C)(C)C)c2)OC3)cc(C(C)(C)C)c1OC(=O)OCc1ccccc1. The van der Waals surface area contributed by atoms with Crippen molar-refractivity contribution >= 4 is 24.2 Å². The molecule has 0 aromatic heterocycles. The van der Waals surface area contributed by atoms with Gasteiger partial charge >= 0.3 is 24.2 Å². The average Bonchev–Trinajstić information content (AvgIpc) is 3.34. The molecule has 2 saturated heterocycles. The number of carbonyl (C=O) groups excluding carboxylic acids is 4. The summed E-state index contributed by atoms with van der Waals surface area (Å²) in [4.78, 5) is 51.7. The normalized spacial score (nSPS) is 18.4. The van der Waals surface area contributed by atoms with E-state index in [9.17, 15) is 19.2 Å². The van der Waals surface area contributed by atoms with Crippen LogP contribution in [0.4, 0.5) is 9.59 Å². The van der Waals surface area contributed by atoms with Crippen LogP contribution in [0.5, 0.6) is 11.5 Å². The van der Waals surface area contributed by atoms with Crippen molar-refractivity contribution in [1.29, 1.82) is 0 Å². The van der Waals surface area contributed by atoms with Crippen molar-refractivity contribution in [1.82, 2.24) is 0 Å². The van der Waals surface area contributed by atoms with E-state index in [4.69, 9.17) is 47.4 Å². The van der Waals surface area contributed by atoms with E-state index < -0.39 is 41.1 Å². The average molecular weight is 1010 g/mol. The number of esters is 2. The highest BCUT2D eigenvalue weighted by atomic mass is 16.7. The van der Waals surface area contributed by atoms with Gasteiger partial charge in [0.25, 0.3) is 0 Å². The maximum absolute atomic E-state index is 13.1. The van der Waals surface area contributed by atoms with E-state index in [1.165, 1.54) is 0 Å². The monoisotopic (exact) mass is 1010 g/mol. The molecule has 2 aliphatic rings. The van der Waals surface area contributed by atoms with Gasteiger partial charge < -0.3 is 47.4 Å². The van der Waals surface area contributed by atoms with E-state index in [-0.39, 0.29) is 62.0 Å². The summed E-state index contributed by atoms with van der Waals surface area (Å²) in [5.74, 6) is 0.203. The third-order valence-electron chi connectivity index (χ3n) is 12.9. The van der Waals surface area contributed by atoms with Crippen LogP contribution in [0.3, 0.4) is 0 Å². The van der Waals surface area contributed by atoms with Gasteiger partial charge in [0.15, 0.2) is 12.6 Å². The van der Waals surface area contributed by atoms with E-state index >= 15 is 0 Å². The Morgan fingerprint density at radius 3 is 1.16 bits per heavy atom. The molecule has 73 heavy (non-hydrogen) atoms. The van der Waals surface area contributed by atoms with E-state index in [0.717, 1.165) is 44.5 Å². The van der Waals surface area contributed by atoms with Crippen LogP contribution in [-0.2, 0) is 84.4 Å². The lowest BCUT2D eigenvalue weighted by Gasteiger charge is -2.48. The number of aryl methyl sites for hydroxylation is 4. The van der Waals surface area contributed by atoms with Crippen molar-refractivity contribution in [2.45, 2.75) is 145 Å². The Hall–Kier alpha value is -5.80. The van der Waals surface area contributed by atoms with Crippen molar-refractivity contribution < 1.29 is 66.5 Å². The van der Waals surface area contributed by atoms with Crippen LogP contribution < -0.4 is 9.47 Å². The minimum Gasteiger partial charge on any atom is -0.465 e. The quantitative estimate of drug-likeness (QED) is 0.0526. The standard InChI is InChI=1S/C59H76O14/c1-39-27-43(29-45(55(3,4)5)49(39)72-53(62)64-31-41-19-15-13-16-20-41)23-25-47(60)66-33-57(9,10)51-68-35-59(36-69-51)37-70-52(71-38-59)58(11,12)34-67-48(61)26-24-44-28-40(2)50(46(30-44)56(6,7)8)73-54(63)65-32-42-21-17-14-18-22-42/h13-22,27-30,51-52H,23-26,31-38H2,1-12H3. The van der Waals surface area contributed by atoms with E-state index in [2.05, 4.69) is 0 Å². The predicted molar refractivity (Wildman–Crippen MR) is 274 cm³/mol. The fourth-order valence-corrected chi connectivity index (χ4v) is 8.59. The Bertz CT molecular complexity index is 2320. The largest absolute Gasteiger partial charge is 0.514 e. The second-order valence-electron chi connectivity index (χ2n) is 23.0. The highest BCUT2D eigenvalue weighted by Gasteiger charge is 2.48. The first-order valence-electron chi connectivity index (χ1n) is 25.2. The van der Waals surface area contributed by atoms with Crippen LogP contribution in [0.1, 0.15) is 127 Å². The van der Waals surface area contributed by atoms with Crippen LogP contribution in [-0.4, -0.2) is 76.5 Å². The highest BCUT2D eigenvalue weighted by molar-refractivity contribution is 5.71. The summed E-state index contributed by atoms with van der Waals surface area (Å²) in [6, 6.07) is 26.6. The van der Waals surface area contributed by atoms with Crippen molar-refractivity contribution in [2.75, 3.05) is 39.6 Å². The van der Waals surface area contributed by atoms with Crippen LogP contribution >= 0.6 is 0 Å². The van der Waals surface area contributed by atoms with E-state index in [1.54, 1.807) is 0 Å². The first kappa shape index (κ1) is 56.5. The van der Waals surface area contributed by atoms with Gasteiger partial charge in [-0.1, -0.05) is 154 Å². The minimum atomic E-state index is -0.781. The topological polar surface area (TPSA) is 161 Å². The van der Waals surface area contributed by atoms with E-state index in [1.807, 2.05) is 168 Å². The molecule has 0 amide bonds. The molecular weight excluding hydrogens is 933 g/mol. The molecule has 0 atom stereocenters. The maximum Gasteiger partial charge on any atom is 0.514 e. The molecule has 0 N–H and O–H groups in total. The zero-order chi connectivity index (χ0) is 53.2. The van der Waals surface area contributed by atoms with Gasteiger partial charge in [-0.05, 0) is 70.9 Å². The number of ether oxygens (including phenoxy) is 10. The first-order valence-corrected chi connectivity index (χ1v) is 25.2. The molecule has 2 aliphatic heterocycles. The zero-order valence-electron chi connectivity index (χ0n) is 44.9. The van der Waals surface area contributed by atoms with Crippen LogP contribution in [0.25, 0.3) is 0 Å². The van der Waals surface area contributed by atoms with Gasteiger partial charge in [0.05, 0.1) is 31.8 Å². The van der Waals surface area contributed by atoms with Crippen molar-refractivity contribution in [3.8, 4) is 11.5 Å². The molecule has 6 rings (SSSR count). The molecule has 396 valence electrons. The summed E-state index contributed by atoms with van der Waals surface area (Å²) >= 11 is 0. The third kappa shape index (κ3) is 16.1. The number of hydrogen-bond acceptors (Lipinski definition) is 14. The second kappa shape index (κ2) is 24.0. The molecule has 0 bridgehead atoms. The summed E-state index contributed by atoms with van der Waals surface area (Å²) in [5, 5.41) is 0. The van der Waals surface area contributed by atoms with Gasteiger partial charge in [0, 0.05) is 34.8 Å². The van der Waals surface area contributed by atoms with Crippen LogP contribution in [0.2, 0.25) is 0 Å². The van der Waals surface area contributed by atoms with Gasteiger partial charge in [-0.25, -0.2) is 9.59 Å². The fraction of sp³-hybridized carbons (Fsp3) is 0.525. The van der Waals surface area contributed by atoms with Crippen LogP contribution in [0.15, 0.2) is 84.9 Å². The van der Waals surface area contributed by atoms with E-state index in [0.29, 0.717) is 50.8 Å². The molecule has 0 aliphatic carbocycles. The Balaban J connectivity index is 0.911. The van der Waals surface area contributed by atoms with Gasteiger partial charge in [0.2, 0.25) is 0 Å². The van der Waals surface area contributed by atoms with Crippen molar-refractivity contribution in [3.63, 3.8) is 0 Å². The lowest BCUT2D eigenvalue weighted by atomic mass is 9.83. The Morgan fingerprint density at radius 1 is 0.493 bits per heavy atom. The molecule has 4 aromatic carbocycles. The Labute approximate surface area is 431 Å². The van der Waals surface area contributed by atoms with Crippen molar-refractivity contribution in [2.24, 2.45) is 16.2 Å². The molecule has 0 unspecified atom stereocenters. The van der Waals surface area contributed by atoms with Gasteiger partial charge in [-0.2, -0.15) is 0 Å². The Kier molecular flexibility index (Phi) is 18.6. The molecule has 4 aromatic rings. The number of carbonyl (C=O) groups is 4. The Morgan fingerprint density at radius 2 is 0.836 bits per heavy atom. The summed E-state index contributed by atoms with van der Waals surface area (Å²) < 4.78 is 58.9. The van der Waals surface area contributed by atoms with Crippen molar-refractivity contribution in [3.05, 3.63) is 129 Å². The van der Waals surface area contributed by atoms with Crippen LogP contribution in [0, 0.1) is 30.1 Å². The molecular formula is C59H76O14. The second-order valence-corrected chi connectivity index (χ2v) is 23.0. The third-order valence-corrected chi connectivity index (χ3v) is 12.9. The predicted octanol–water partition coefficient (Wildman–Crippen LogP) is 11.8. The fourth-order valence-electron chi connectivity index (χ4n) is 8.59. The van der Waals surface area contributed by atoms with Gasteiger partial charge in [0.1, 0.15) is 37.9 Å². The number of rotatable bonds is 18. The zero-order valence-corrected chi connectivity index (χ0v) is 44.9. The minimum absolute atomic E-state index is 0.0857. The summed E-state index contributed by atoms with van der Waals surface area (Å²) in [6.07, 6.45) is -1.65. The maximum atomic E-state index is 13.1. The summed E-state index contributed by atoms with van der Waals surface area (Å²) in [7, 11) is 0. The molecule has 2 heterocycles. The molecule has 14 heteroatoms. The number of hydrogen-bond donors (Lipinski definition) is 0. The van der Waals surface area contributed by atoms with Gasteiger partial charge in [-0.15, -0.1) is 0 Å². The molecule has 0 radical (unpaired) electrons. The van der Waals surface area contributed by atoms with Gasteiger partial charge in [-0.3, -0.25) is 9.59 Å².